The van der Waals surface area contributed by atoms with E-state index in [1.54, 1.807) is 6.07 Å². The van der Waals surface area contributed by atoms with Crippen molar-refractivity contribution in [3.63, 3.8) is 0 Å². The van der Waals surface area contributed by atoms with Crippen molar-refractivity contribution in [2.75, 3.05) is 18.8 Å². The Bertz CT molecular complexity index is 613. The highest BCUT2D eigenvalue weighted by Crippen LogP contribution is 2.17. The molecule has 0 unspecified atom stereocenters. The van der Waals surface area contributed by atoms with Gasteiger partial charge in [0, 0.05) is 12.3 Å². The maximum Gasteiger partial charge on any atom is 0.282 e. The Morgan fingerprint density at radius 1 is 1.39 bits per heavy atom. The molecule has 7 nitrogen and oxygen atoms in total. The van der Waals surface area contributed by atoms with Gasteiger partial charge in [-0.3, -0.25) is 25.2 Å². The van der Waals surface area contributed by atoms with Crippen LogP contribution in [0.4, 0.5) is 9.18 Å². The molecule has 0 aromatic heterocycles. The highest BCUT2D eigenvalue weighted by atomic mass is 32.2. The van der Waals surface area contributed by atoms with Crippen LogP contribution in [0.5, 0.6) is 5.75 Å². The molecule has 1 atom stereocenters. The fourth-order valence-electron chi connectivity index (χ4n) is 1.80. The number of thioether (sulfide) groups is 1. The number of benzene rings is 1. The first-order valence-corrected chi connectivity index (χ1v) is 7.87. The Balaban J connectivity index is 1.76. The van der Waals surface area contributed by atoms with Gasteiger partial charge in [0.2, 0.25) is 0 Å². The smallest absolute Gasteiger partial charge is 0.282 e. The molecule has 1 saturated heterocycles. The zero-order chi connectivity index (χ0) is 16.8. The van der Waals surface area contributed by atoms with E-state index in [0.717, 1.165) is 11.8 Å². The van der Waals surface area contributed by atoms with E-state index in [0.29, 0.717) is 12.3 Å². The van der Waals surface area contributed by atoms with Crippen LogP contribution < -0.4 is 15.6 Å². The summed E-state index contributed by atoms with van der Waals surface area (Å²) in [6.07, 6.45) is -1.00. The van der Waals surface area contributed by atoms with Gasteiger partial charge in [-0.1, -0.05) is 23.9 Å². The second kappa shape index (κ2) is 7.82. The first-order valence-electron chi connectivity index (χ1n) is 6.89. The molecule has 0 radical (unpaired) electrons. The standard InChI is InChI=1S/C14H16FN3O4S/c1-9(22-11-5-3-2-4-10(11)15)13(20)17-16-12(19)8-18-6-7-23-14(18)21/h2-5,9H,6-8H2,1H3,(H,16,19)(H,17,20)/t9-/m1/s1. The quantitative estimate of drug-likeness (QED) is 0.777. The molecular formula is C14H16FN3O4S. The maximum atomic E-state index is 13.4. The summed E-state index contributed by atoms with van der Waals surface area (Å²) < 4.78 is 18.6. The lowest BCUT2D eigenvalue weighted by Gasteiger charge is -2.17. The molecule has 1 aromatic carbocycles. The van der Waals surface area contributed by atoms with E-state index in [4.69, 9.17) is 4.74 Å². The van der Waals surface area contributed by atoms with Gasteiger partial charge in [0.15, 0.2) is 17.7 Å². The van der Waals surface area contributed by atoms with Crippen LogP contribution in [0.2, 0.25) is 0 Å². The van der Waals surface area contributed by atoms with Crippen LogP contribution in [0, 0.1) is 5.82 Å². The van der Waals surface area contributed by atoms with Gasteiger partial charge in [0.1, 0.15) is 6.54 Å². The lowest BCUT2D eigenvalue weighted by Crippen LogP contribution is -2.50. The van der Waals surface area contributed by atoms with Crippen LogP contribution in [0.15, 0.2) is 24.3 Å². The largest absolute Gasteiger partial charge is 0.478 e. The van der Waals surface area contributed by atoms with Gasteiger partial charge in [-0.15, -0.1) is 0 Å². The summed E-state index contributed by atoms with van der Waals surface area (Å²) in [5.41, 5.74) is 4.38. The number of halogens is 1. The van der Waals surface area contributed by atoms with Crippen LogP contribution in [0.3, 0.4) is 0 Å². The Kier molecular flexibility index (Phi) is 5.80. The highest BCUT2D eigenvalue weighted by molar-refractivity contribution is 8.13. The van der Waals surface area contributed by atoms with Crippen molar-refractivity contribution in [1.29, 1.82) is 0 Å². The predicted octanol–water partition coefficient (Wildman–Crippen LogP) is 0.909. The lowest BCUT2D eigenvalue weighted by molar-refractivity contribution is -0.132. The number of nitrogens with zero attached hydrogens (tertiary/aromatic N) is 1. The van der Waals surface area contributed by atoms with Gasteiger partial charge >= 0.3 is 0 Å². The molecule has 0 aliphatic carbocycles. The second-order valence-electron chi connectivity index (χ2n) is 4.76. The topological polar surface area (TPSA) is 87.7 Å². The highest BCUT2D eigenvalue weighted by Gasteiger charge is 2.24. The van der Waals surface area contributed by atoms with Crippen LogP contribution in [0.25, 0.3) is 0 Å². The number of para-hydroxylation sites is 1. The van der Waals surface area contributed by atoms with E-state index in [2.05, 4.69) is 10.9 Å². The van der Waals surface area contributed by atoms with Crippen LogP contribution in [-0.4, -0.2) is 46.9 Å². The second-order valence-corrected chi connectivity index (χ2v) is 5.81. The summed E-state index contributed by atoms with van der Waals surface area (Å²) in [6.45, 7) is 1.79. The molecule has 1 aliphatic heterocycles. The fraction of sp³-hybridized carbons (Fsp3) is 0.357. The molecule has 3 amide bonds. The lowest BCUT2D eigenvalue weighted by atomic mass is 10.3. The molecule has 23 heavy (non-hydrogen) atoms. The van der Waals surface area contributed by atoms with Gasteiger partial charge in [0.05, 0.1) is 0 Å². The van der Waals surface area contributed by atoms with Crippen molar-refractivity contribution in [1.82, 2.24) is 15.8 Å². The van der Waals surface area contributed by atoms with Gasteiger partial charge < -0.3 is 9.64 Å². The number of carbonyl (C=O) groups is 3. The third-order valence-electron chi connectivity index (χ3n) is 3.01. The van der Waals surface area contributed by atoms with Crippen LogP contribution in [0.1, 0.15) is 6.92 Å². The summed E-state index contributed by atoms with van der Waals surface area (Å²) >= 11 is 1.14. The summed E-state index contributed by atoms with van der Waals surface area (Å²) in [4.78, 5) is 36.2. The molecule has 2 rings (SSSR count). The summed E-state index contributed by atoms with van der Waals surface area (Å²) in [6, 6.07) is 5.70. The van der Waals surface area contributed by atoms with E-state index in [9.17, 15) is 18.8 Å². The molecule has 1 heterocycles. The Morgan fingerprint density at radius 2 is 2.13 bits per heavy atom. The zero-order valence-electron chi connectivity index (χ0n) is 12.4. The molecule has 1 fully saturated rings. The third kappa shape index (κ3) is 4.85. The molecular weight excluding hydrogens is 325 g/mol. The minimum atomic E-state index is -1.00. The molecule has 1 aromatic rings. The Hall–Kier alpha value is -2.29. The Labute approximate surface area is 136 Å². The normalized spacial score (nSPS) is 15.2. The Morgan fingerprint density at radius 3 is 2.78 bits per heavy atom. The molecule has 0 bridgehead atoms. The average molecular weight is 341 g/mol. The van der Waals surface area contributed by atoms with Crippen molar-refractivity contribution in [3.8, 4) is 5.75 Å². The average Bonchev–Trinajstić information content (AvgIpc) is 2.92. The maximum absolute atomic E-state index is 13.4. The third-order valence-corrected chi connectivity index (χ3v) is 3.91. The van der Waals surface area contributed by atoms with Crippen LogP contribution >= 0.6 is 11.8 Å². The number of hydrogen-bond donors (Lipinski definition) is 2. The first kappa shape index (κ1) is 17.1. The first-order chi connectivity index (χ1) is 11.0. The van der Waals surface area contributed by atoms with Crippen molar-refractivity contribution in [2.24, 2.45) is 0 Å². The van der Waals surface area contributed by atoms with E-state index in [1.807, 2.05) is 0 Å². The number of ether oxygens (including phenoxy) is 1. The summed E-state index contributed by atoms with van der Waals surface area (Å²) in [5, 5.41) is -0.164. The van der Waals surface area contributed by atoms with E-state index < -0.39 is 23.7 Å². The van der Waals surface area contributed by atoms with Gasteiger partial charge in [-0.2, -0.15) is 0 Å². The molecule has 0 saturated carbocycles. The minimum absolute atomic E-state index is 0.0545. The summed E-state index contributed by atoms with van der Waals surface area (Å²) in [5.74, 6) is -1.15. The van der Waals surface area contributed by atoms with E-state index >= 15 is 0 Å². The number of rotatable bonds is 5. The molecule has 1 aliphatic rings. The monoisotopic (exact) mass is 341 g/mol. The molecule has 2 N–H and O–H groups in total. The van der Waals surface area contributed by atoms with Crippen molar-refractivity contribution in [3.05, 3.63) is 30.1 Å². The fourth-order valence-corrected chi connectivity index (χ4v) is 2.62. The van der Waals surface area contributed by atoms with Crippen molar-refractivity contribution in [2.45, 2.75) is 13.0 Å². The number of amides is 3. The zero-order valence-corrected chi connectivity index (χ0v) is 13.2. The van der Waals surface area contributed by atoms with Crippen molar-refractivity contribution >= 4 is 28.8 Å². The number of carbonyl (C=O) groups excluding carboxylic acids is 3. The molecule has 9 heteroatoms. The van der Waals surface area contributed by atoms with Crippen molar-refractivity contribution < 1.29 is 23.5 Å². The number of hydrazine groups is 1. The minimum Gasteiger partial charge on any atom is -0.478 e. The van der Waals surface area contributed by atoms with Crippen LogP contribution in [-0.2, 0) is 9.59 Å². The van der Waals surface area contributed by atoms with E-state index in [-0.39, 0.29) is 17.5 Å². The summed E-state index contributed by atoms with van der Waals surface area (Å²) in [7, 11) is 0. The van der Waals surface area contributed by atoms with Gasteiger partial charge in [-0.25, -0.2) is 4.39 Å². The SMILES string of the molecule is C[C@@H](Oc1ccccc1F)C(=O)NNC(=O)CN1CCSC1=O. The molecule has 124 valence electrons. The van der Waals surface area contributed by atoms with Gasteiger partial charge in [0.25, 0.3) is 17.1 Å². The van der Waals surface area contributed by atoms with E-state index in [1.165, 1.54) is 30.0 Å². The number of nitrogens with one attached hydrogen (secondary N) is 2. The molecule has 0 spiro atoms. The predicted molar refractivity (Wildman–Crippen MR) is 82.2 cm³/mol. The number of hydrogen-bond acceptors (Lipinski definition) is 5. The van der Waals surface area contributed by atoms with Gasteiger partial charge in [-0.05, 0) is 19.1 Å².